The second-order valence-corrected chi connectivity index (χ2v) is 6.75. The predicted octanol–water partition coefficient (Wildman–Crippen LogP) is 3.25. The number of para-hydroxylation sites is 1. The lowest BCUT2D eigenvalue weighted by Crippen LogP contribution is -2.33. The highest BCUT2D eigenvalue weighted by molar-refractivity contribution is 5.99. The Kier molecular flexibility index (Phi) is 3.82. The lowest BCUT2D eigenvalue weighted by molar-refractivity contribution is -0.117. The molecule has 4 rings (SSSR count). The molecule has 6 nitrogen and oxygen atoms in total. The van der Waals surface area contributed by atoms with E-state index in [-0.39, 0.29) is 11.8 Å². The highest BCUT2D eigenvalue weighted by Crippen LogP contribution is 2.43. The van der Waals surface area contributed by atoms with Crippen LogP contribution in [0.15, 0.2) is 35.5 Å². The number of fused-ring (bicyclic) bond motifs is 1. The fourth-order valence-electron chi connectivity index (χ4n) is 3.79. The molecule has 0 radical (unpaired) electrons. The van der Waals surface area contributed by atoms with Crippen LogP contribution < -0.4 is 10.1 Å². The summed E-state index contributed by atoms with van der Waals surface area (Å²) in [6.45, 7) is 6.50. The fraction of sp³-hybridized carbons (Fsp3) is 0.421. The van der Waals surface area contributed by atoms with Crippen molar-refractivity contribution < 1.29 is 9.53 Å². The molecule has 2 atom stereocenters. The van der Waals surface area contributed by atoms with Crippen LogP contribution in [0.1, 0.15) is 44.1 Å². The number of carbonyl (C=O) groups excluding carboxylic acids is 1. The summed E-state index contributed by atoms with van der Waals surface area (Å²) >= 11 is 0. The Bertz CT molecular complexity index is 868. The number of allylic oxidation sites excluding steroid dienone is 2. The minimum absolute atomic E-state index is 0.177. The summed E-state index contributed by atoms with van der Waals surface area (Å²) in [6.07, 6.45) is 1.41. The maximum atomic E-state index is 12.9. The topological polar surface area (TPSA) is 69.0 Å². The van der Waals surface area contributed by atoms with Gasteiger partial charge in [0.05, 0.1) is 6.61 Å². The second-order valence-electron chi connectivity index (χ2n) is 6.75. The summed E-state index contributed by atoms with van der Waals surface area (Å²) in [5.41, 5.74) is 2.72. The molecule has 0 unspecified atom stereocenters. The molecular formula is C19H22N4O2. The van der Waals surface area contributed by atoms with Gasteiger partial charge in [0.25, 0.3) is 0 Å². The van der Waals surface area contributed by atoms with Crippen molar-refractivity contribution in [3.05, 3.63) is 46.9 Å². The Labute approximate surface area is 146 Å². The molecule has 2 heterocycles. The lowest BCUT2D eigenvalue weighted by atomic mass is 9.81. The predicted molar refractivity (Wildman–Crippen MR) is 94.6 cm³/mol. The van der Waals surface area contributed by atoms with Gasteiger partial charge in [0.1, 0.15) is 17.6 Å². The summed E-state index contributed by atoms with van der Waals surface area (Å²) in [4.78, 5) is 17.4. The number of carbonyl (C=O) groups is 1. The number of ether oxygens (including phenoxy) is 1. The Morgan fingerprint density at radius 1 is 1.32 bits per heavy atom. The van der Waals surface area contributed by atoms with Crippen LogP contribution >= 0.6 is 0 Å². The number of ketones is 1. The number of rotatable bonds is 3. The van der Waals surface area contributed by atoms with Crippen LogP contribution in [-0.4, -0.2) is 27.2 Å². The minimum Gasteiger partial charge on any atom is -0.494 e. The van der Waals surface area contributed by atoms with Crippen molar-refractivity contribution in [3.8, 4) is 5.75 Å². The first-order chi connectivity index (χ1) is 12.1. The molecule has 1 N–H and O–H groups in total. The molecule has 1 aromatic carbocycles. The van der Waals surface area contributed by atoms with Gasteiger partial charge in [-0.1, -0.05) is 25.1 Å². The number of benzene rings is 1. The van der Waals surface area contributed by atoms with E-state index in [0.29, 0.717) is 30.7 Å². The molecule has 1 aliphatic heterocycles. The fourth-order valence-corrected chi connectivity index (χ4v) is 3.79. The first kappa shape index (κ1) is 15.9. The second kappa shape index (κ2) is 6.02. The van der Waals surface area contributed by atoms with Gasteiger partial charge in [0.15, 0.2) is 5.78 Å². The zero-order valence-corrected chi connectivity index (χ0v) is 14.7. The van der Waals surface area contributed by atoms with Crippen LogP contribution in [0.5, 0.6) is 5.75 Å². The number of Topliss-reactive ketones (excluding diaryl/α,β-unsaturated/α-hetero) is 1. The summed E-state index contributed by atoms with van der Waals surface area (Å²) in [7, 11) is 0. The lowest BCUT2D eigenvalue weighted by Gasteiger charge is -2.34. The number of aryl methyl sites for hydroxylation is 1. The molecule has 0 saturated heterocycles. The molecule has 1 aliphatic carbocycles. The molecule has 25 heavy (non-hydrogen) atoms. The van der Waals surface area contributed by atoms with Crippen LogP contribution in [0.25, 0.3) is 0 Å². The molecule has 6 heteroatoms. The first-order valence-electron chi connectivity index (χ1n) is 8.76. The van der Waals surface area contributed by atoms with E-state index >= 15 is 0 Å². The van der Waals surface area contributed by atoms with Crippen LogP contribution in [0.4, 0.5) is 5.95 Å². The number of hydrogen-bond acceptors (Lipinski definition) is 5. The van der Waals surface area contributed by atoms with E-state index in [1.54, 1.807) is 0 Å². The molecule has 0 spiro atoms. The average molecular weight is 338 g/mol. The van der Waals surface area contributed by atoms with E-state index in [1.165, 1.54) is 0 Å². The van der Waals surface area contributed by atoms with Crippen molar-refractivity contribution in [3.63, 3.8) is 0 Å². The zero-order chi connectivity index (χ0) is 17.6. The molecule has 0 fully saturated rings. The maximum absolute atomic E-state index is 12.9. The molecule has 0 amide bonds. The van der Waals surface area contributed by atoms with Gasteiger partial charge in [-0.25, -0.2) is 4.68 Å². The number of hydrogen-bond donors (Lipinski definition) is 1. The maximum Gasteiger partial charge on any atom is 0.226 e. The van der Waals surface area contributed by atoms with E-state index in [4.69, 9.17) is 4.74 Å². The zero-order valence-electron chi connectivity index (χ0n) is 14.7. The number of nitrogens with one attached hydrogen (secondary N) is 1. The minimum atomic E-state index is -0.296. The smallest absolute Gasteiger partial charge is 0.226 e. The summed E-state index contributed by atoms with van der Waals surface area (Å²) in [5, 5.41) is 7.89. The van der Waals surface area contributed by atoms with E-state index < -0.39 is 0 Å². The Balaban J connectivity index is 1.92. The van der Waals surface area contributed by atoms with Gasteiger partial charge in [-0.05, 0) is 32.3 Å². The van der Waals surface area contributed by atoms with E-state index in [9.17, 15) is 4.79 Å². The van der Waals surface area contributed by atoms with E-state index in [0.717, 1.165) is 29.0 Å². The van der Waals surface area contributed by atoms with Crippen LogP contribution in [0.3, 0.4) is 0 Å². The number of anilines is 1. The molecule has 2 aromatic rings. The van der Waals surface area contributed by atoms with E-state index in [1.807, 2.05) is 42.8 Å². The van der Waals surface area contributed by atoms with E-state index in [2.05, 4.69) is 22.3 Å². The Hall–Kier alpha value is -2.63. The third kappa shape index (κ3) is 2.62. The standard InChI is InChI=1S/C19H22N4O2/c1-4-25-16-8-6-5-7-13(16)18-17-14(9-11(2)10-15(17)24)21-19-20-12(3)22-23(18)19/h5-8,11,18H,4,9-10H2,1-3H3,(H,20,21,22)/t11-,18-/m1/s1. The summed E-state index contributed by atoms with van der Waals surface area (Å²) in [6, 6.07) is 7.58. The highest BCUT2D eigenvalue weighted by atomic mass is 16.5. The first-order valence-corrected chi connectivity index (χ1v) is 8.76. The van der Waals surface area contributed by atoms with Gasteiger partial charge >= 0.3 is 0 Å². The third-order valence-electron chi connectivity index (χ3n) is 4.74. The van der Waals surface area contributed by atoms with Gasteiger partial charge in [0.2, 0.25) is 5.95 Å². The third-order valence-corrected chi connectivity index (χ3v) is 4.74. The number of nitrogens with zero attached hydrogens (tertiary/aromatic N) is 3. The normalized spacial score (nSPS) is 22.3. The van der Waals surface area contributed by atoms with Gasteiger partial charge in [-0.3, -0.25) is 4.79 Å². The number of aromatic nitrogens is 3. The average Bonchev–Trinajstić information content (AvgIpc) is 2.93. The Morgan fingerprint density at radius 2 is 2.12 bits per heavy atom. The highest BCUT2D eigenvalue weighted by Gasteiger charge is 2.39. The quantitative estimate of drug-likeness (QED) is 0.930. The molecule has 1 aromatic heterocycles. The van der Waals surface area contributed by atoms with Crippen molar-refractivity contribution in [1.82, 2.24) is 14.8 Å². The largest absolute Gasteiger partial charge is 0.494 e. The van der Waals surface area contributed by atoms with Gasteiger partial charge in [-0.15, -0.1) is 0 Å². The van der Waals surface area contributed by atoms with Crippen molar-refractivity contribution in [2.24, 2.45) is 5.92 Å². The molecule has 0 bridgehead atoms. The molecular weight excluding hydrogens is 316 g/mol. The van der Waals surface area contributed by atoms with Crippen LogP contribution in [-0.2, 0) is 4.79 Å². The van der Waals surface area contributed by atoms with Gasteiger partial charge < -0.3 is 10.1 Å². The summed E-state index contributed by atoms with van der Waals surface area (Å²) < 4.78 is 7.65. The van der Waals surface area contributed by atoms with Gasteiger partial charge in [0, 0.05) is 23.3 Å². The molecule has 0 saturated carbocycles. The molecule has 2 aliphatic rings. The van der Waals surface area contributed by atoms with Gasteiger partial charge in [-0.2, -0.15) is 10.1 Å². The van der Waals surface area contributed by atoms with Crippen LogP contribution in [0, 0.1) is 12.8 Å². The molecule has 130 valence electrons. The van der Waals surface area contributed by atoms with Crippen molar-refractivity contribution in [2.75, 3.05) is 11.9 Å². The monoisotopic (exact) mass is 338 g/mol. The SMILES string of the molecule is CCOc1ccccc1[C@@H]1C2=C(C[C@@H](C)CC2=O)Nc2nc(C)nn21. The Morgan fingerprint density at radius 3 is 2.92 bits per heavy atom. The van der Waals surface area contributed by atoms with Crippen molar-refractivity contribution in [1.29, 1.82) is 0 Å². The van der Waals surface area contributed by atoms with Crippen molar-refractivity contribution in [2.45, 2.75) is 39.7 Å². The van der Waals surface area contributed by atoms with Crippen LogP contribution in [0.2, 0.25) is 0 Å². The summed E-state index contributed by atoms with van der Waals surface area (Å²) in [5.74, 6) is 2.67. The van der Waals surface area contributed by atoms with Crippen molar-refractivity contribution >= 4 is 11.7 Å².